The maximum atomic E-state index is 13.4. The van der Waals surface area contributed by atoms with Crippen LogP contribution in [0.2, 0.25) is 0 Å². The molecule has 6 amide bonds. The zero-order valence-corrected chi connectivity index (χ0v) is 78.4. The Balaban J connectivity index is 0.000000191. The minimum atomic E-state index is -4.91. The second kappa shape index (κ2) is 46.0. The van der Waals surface area contributed by atoms with E-state index < -0.39 is 95.5 Å². The highest BCUT2D eigenvalue weighted by atomic mass is 32.1. The van der Waals surface area contributed by atoms with Crippen LogP contribution in [-0.4, -0.2) is 233 Å². The third-order valence-corrected chi connectivity index (χ3v) is 21.6. The van der Waals surface area contributed by atoms with E-state index in [4.69, 9.17) is 5.11 Å². The van der Waals surface area contributed by atoms with Gasteiger partial charge in [0, 0.05) is 114 Å². The Kier molecular flexibility index (Phi) is 35.8. The van der Waals surface area contributed by atoms with Gasteiger partial charge >= 0.3 is 43.2 Å². The molecule has 14 aromatic rings. The lowest BCUT2D eigenvalue weighted by molar-refractivity contribution is -0.148. The number of hydrogen-bond acceptors (Lipinski definition) is 19. The number of para-hydroxylation sites is 1. The summed E-state index contributed by atoms with van der Waals surface area (Å²) >= 11 is 2.25. The Bertz CT molecular complexity index is 6700. The fraction of sp³-hybridized carbons (Fsp3) is 0.289. The van der Waals surface area contributed by atoms with Crippen molar-refractivity contribution in [1.82, 2.24) is 108 Å². The molecule has 0 radical (unpaired) electrons. The number of aryl methyl sites for hydroxylation is 2. The van der Waals surface area contributed by atoms with Gasteiger partial charge in [-0.3, -0.25) is 62.1 Å². The zero-order chi connectivity index (χ0) is 105. The number of aliphatic hydroxyl groups excluding tert-OH is 1. The van der Waals surface area contributed by atoms with Gasteiger partial charge in [-0.25, -0.2) is 14.6 Å². The number of nitrogens with one attached hydrogen (secondary N) is 1. The van der Waals surface area contributed by atoms with Gasteiger partial charge in [0.05, 0.1) is 79.1 Å². The number of pyridine rings is 4. The molecule has 142 heavy (non-hydrogen) atoms. The highest BCUT2D eigenvalue weighted by molar-refractivity contribution is 7.17. The van der Waals surface area contributed by atoms with Gasteiger partial charge in [-0.1, -0.05) is 60.7 Å². The summed E-state index contributed by atoms with van der Waals surface area (Å²) in [5.41, 5.74) is -3.50. The van der Waals surface area contributed by atoms with Crippen molar-refractivity contribution in [2.45, 2.75) is 76.7 Å². The molecule has 0 aliphatic heterocycles. The molecule has 756 valence electrons. The monoisotopic (exact) mass is 2050 g/mol. The van der Waals surface area contributed by atoms with Gasteiger partial charge in [0.15, 0.2) is 17.1 Å². The molecule has 0 spiro atoms. The van der Waals surface area contributed by atoms with E-state index in [1.165, 1.54) is 127 Å². The SMILES string of the molecule is CCN(CC)C(=O)c1ccc(-c2cc(C(F)(F)F)n(C)n2)s1.CN(C)C(=O)c1cc(-c2cc(C(F)(F)F)n(-c3ccccc3)n2)ccn1.CN(C)C(=O)c1cc(-c2cc(C(F)(F)F)nn2Cc2ccccc2)ccn1.CN(C)C(=O)c1cccc(-c2cc(C(F)(F)F)nn2CC(F)(F)F)n1.CN(C)C(=O)c1cccc(-c2cc(C(F)(F)F)nn2CCO)n1.CNC(=O)c1ccc(-c2cc(C(F)(F)F)n(C)n2)s1. The Labute approximate surface area is 801 Å². The minimum absolute atomic E-state index is 0.0831. The summed E-state index contributed by atoms with van der Waals surface area (Å²) in [6.45, 7) is 2.90. The van der Waals surface area contributed by atoms with Gasteiger partial charge in [-0.15, -0.1) is 22.7 Å². The van der Waals surface area contributed by atoms with Crippen molar-refractivity contribution in [2.24, 2.45) is 14.1 Å². The van der Waals surface area contributed by atoms with E-state index >= 15 is 0 Å². The van der Waals surface area contributed by atoms with Crippen LogP contribution >= 0.6 is 22.7 Å². The predicted octanol–water partition coefficient (Wildman–Crippen LogP) is 18.4. The van der Waals surface area contributed by atoms with Crippen LogP contribution in [0.4, 0.5) is 92.2 Å². The van der Waals surface area contributed by atoms with Crippen LogP contribution < -0.4 is 5.32 Å². The molecule has 0 saturated carbocycles. The van der Waals surface area contributed by atoms with Gasteiger partial charge in [-0.2, -0.15) is 123 Å². The number of aliphatic hydroxyl groups is 1. The van der Waals surface area contributed by atoms with Crippen molar-refractivity contribution < 1.29 is 126 Å². The van der Waals surface area contributed by atoms with Crippen molar-refractivity contribution in [3.63, 3.8) is 0 Å². The quantitative estimate of drug-likeness (QED) is 0.0670. The fourth-order valence-electron chi connectivity index (χ4n) is 12.6. The summed E-state index contributed by atoms with van der Waals surface area (Å²) in [6, 6.07) is 43.1. The smallest absolute Gasteiger partial charge is 0.394 e. The van der Waals surface area contributed by atoms with Gasteiger partial charge in [0.2, 0.25) is 0 Å². The van der Waals surface area contributed by atoms with Crippen LogP contribution in [0.25, 0.3) is 72.1 Å². The fourth-order valence-corrected chi connectivity index (χ4v) is 14.5. The standard InChI is InChI=1S/C19H17F3N4O.C18H15F3N4O.C14H12F6N4O.C14H15F3N4O2.C14H16F3N3OS.C11H10F3N3OS/c1-25(2)18(27)15-10-14(8-9-23-15)16-11-17(19(20,21)22)24-26(16)12-13-6-4-3-5-7-13;1-24(2)17(26)15-10-12(8-9-22-15)14-11-16(18(19,20)21)25(23-14)13-6-4-3-5-7-13;1-23(2)12(25)9-5-3-4-8(21-9)10-6-11(14(18,19)20)22-24(10)7-13(15,16)17;1-20(2)13(23)10-5-3-4-9(18-10)11-8-12(14(15,16)17)19-21(11)6-7-22;1-4-20(5-2)13(21)11-7-6-10(22-11)9-8-12(14(15,16)17)19(3)18-9;1-15-10(18)8-4-3-7(19-8)6-5-9(11(12,13)14)17(2)16-6/h3-11H,12H2,1-2H3;3-11H,1-2H3;3-6H,7H2,1-2H3;3-5,8,22H,6-7H2,1-2H3;6-8H,4-5H2,1-3H3;3-5H,1-2H3,(H,15,18). The van der Waals surface area contributed by atoms with E-state index in [9.17, 15) is 121 Å². The topological polar surface area (TPSA) is 309 Å². The van der Waals surface area contributed by atoms with Gasteiger partial charge in [0.25, 0.3) is 35.4 Å². The van der Waals surface area contributed by atoms with E-state index in [0.717, 1.165) is 77.3 Å². The zero-order valence-electron chi connectivity index (χ0n) is 76.8. The number of amides is 6. The normalized spacial score (nSPS) is 11.7. The number of alkyl halides is 21. The first-order chi connectivity index (χ1) is 66.2. The van der Waals surface area contributed by atoms with E-state index in [2.05, 4.69) is 55.8 Å². The van der Waals surface area contributed by atoms with Crippen LogP contribution in [-0.2, 0) is 70.8 Å². The second-order valence-electron chi connectivity index (χ2n) is 30.7. The Morgan fingerprint density at radius 2 is 0.775 bits per heavy atom. The van der Waals surface area contributed by atoms with Gasteiger partial charge < -0.3 is 34.9 Å². The molecule has 0 fully saturated rings. The maximum absolute atomic E-state index is 13.4. The van der Waals surface area contributed by atoms with E-state index in [1.54, 1.807) is 108 Å². The summed E-state index contributed by atoms with van der Waals surface area (Å²) in [5, 5.41) is 33.4. The number of nitrogens with zero attached hydrogens (tertiary/aromatic N) is 21. The minimum Gasteiger partial charge on any atom is -0.394 e. The van der Waals surface area contributed by atoms with E-state index in [-0.39, 0.29) is 117 Å². The Morgan fingerprint density at radius 1 is 0.380 bits per heavy atom. The van der Waals surface area contributed by atoms with Crippen LogP contribution in [0.15, 0.2) is 194 Å². The first-order valence-corrected chi connectivity index (χ1v) is 43.0. The molecular formula is C90H85F21N22O7S2. The Morgan fingerprint density at radius 3 is 1.19 bits per heavy atom. The summed E-state index contributed by atoms with van der Waals surface area (Å²) in [5.74, 6) is -1.97. The number of rotatable bonds is 20. The van der Waals surface area contributed by atoms with Crippen molar-refractivity contribution >= 4 is 58.1 Å². The molecule has 2 aromatic carbocycles. The lowest BCUT2D eigenvalue weighted by Crippen LogP contribution is -2.29. The number of aromatic nitrogens is 16. The van der Waals surface area contributed by atoms with Crippen molar-refractivity contribution in [3.05, 3.63) is 267 Å². The number of benzene rings is 2. The highest BCUT2D eigenvalue weighted by Gasteiger charge is 2.42. The average molecular weight is 2050 g/mol. The molecule has 2 N–H and O–H groups in total. The van der Waals surface area contributed by atoms with Crippen molar-refractivity contribution in [3.8, 4) is 72.1 Å². The van der Waals surface area contributed by atoms with Crippen LogP contribution in [0, 0.1) is 0 Å². The number of hydrogen-bond donors (Lipinski definition) is 2. The van der Waals surface area contributed by atoms with Crippen LogP contribution in [0.3, 0.4) is 0 Å². The summed E-state index contributed by atoms with van der Waals surface area (Å²) in [6.07, 6.45) is -29.5. The molecule has 0 atom stereocenters. The molecule has 14 rings (SSSR count). The summed E-state index contributed by atoms with van der Waals surface area (Å²) in [7, 11) is 16.3. The molecule has 0 aliphatic carbocycles. The van der Waals surface area contributed by atoms with Crippen LogP contribution in [0.5, 0.6) is 0 Å². The second-order valence-corrected chi connectivity index (χ2v) is 32.9. The first-order valence-electron chi connectivity index (χ1n) is 41.3. The molecule has 0 saturated heterocycles. The third-order valence-electron chi connectivity index (χ3n) is 19.4. The Hall–Kier alpha value is -15.0. The van der Waals surface area contributed by atoms with E-state index in [0.29, 0.717) is 55.5 Å². The largest absolute Gasteiger partial charge is 0.435 e. The average Bonchev–Trinajstić information content (AvgIpc) is 1.71. The highest BCUT2D eigenvalue weighted by Crippen LogP contribution is 2.41. The number of carbonyl (C=O) groups is 6. The van der Waals surface area contributed by atoms with Gasteiger partial charge in [-0.05, 0) is 141 Å². The number of thiophene rings is 2. The summed E-state index contributed by atoms with van der Waals surface area (Å²) in [4.78, 5) is 96.4. The number of carbonyl (C=O) groups excluding carboxylic acids is 6. The predicted molar refractivity (Wildman–Crippen MR) is 478 cm³/mol. The maximum Gasteiger partial charge on any atom is 0.435 e. The van der Waals surface area contributed by atoms with Crippen molar-refractivity contribution in [1.29, 1.82) is 0 Å². The number of halogens is 21. The summed E-state index contributed by atoms with van der Waals surface area (Å²) < 4.78 is 276. The lowest BCUT2D eigenvalue weighted by Gasteiger charge is -2.17. The lowest BCUT2D eigenvalue weighted by atomic mass is 10.1. The van der Waals surface area contributed by atoms with Crippen molar-refractivity contribution in [2.75, 3.05) is 83.1 Å². The van der Waals surface area contributed by atoms with Gasteiger partial charge in [0.1, 0.15) is 57.8 Å². The molecule has 0 unspecified atom stereocenters. The first kappa shape index (κ1) is 111. The molecule has 0 bridgehead atoms. The van der Waals surface area contributed by atoms with Crippen LogP contribution in [0.1, 0.15) is 115 Å². The molecule has 29 nitrogen and oxygen atoms in total. The third kappa shape index (κ3) is 29.1. The molecule has 52 heteroatoms. The molecule has 12 heterocycles. The van der Waals surface area contributed by atoms with E-state index in [1.807, 2.05) is 44.2 Å². The molecule has 12 aromatic heterocycles. The molecule has 0 aliphatic rings. The molecular weight excluding hydrogens is 1960 g/mol.